The molecule has 1 unspecified atom stereocenters. The standard InChI is InChI=1S/C18H17ClN2O/c19-15-8-9-16(17(22)12-15)21-18-14(7-4-10-20-18)11-13-5-2-1-3-6-13/h1-6,8-10,12,14,22H,7,11H2,(H,20,21). The lowest BCUT2D eigenvalue weighted by atomic mass is 9.93. The summed E-state index contributed by atoms with van der Waals surface area (Å²) >= 11 is 5.87. The number of anilines is 1. The van der Waals surface area contributed by atoms with Gasteiger partial charge in [0.05, 0.1) is 5.69 Å². The van der Waals surface area contributed by atoms with Crippen LogP contribution in [0, 0.1) is 5.92 Å². The fourth-order valence-electron chi connectivity index (χ4n) is 2.54. The molecule has 2 N–H and O–H groups in total. The number of allylic oxidation sites excluding steroid dienone is 1. The number of nitrogens with one attached hydrogen (secondary N) is 1. The third kappa shape index (κ3) is 3.49. The van der Waals surface area contributed by atoms with Gasteiger partial charge in [-0.2, -0.15) is 0 Å². The molecule has 22 heavy (non-hydrogen) atoms. The average Bonchev–Trinajstić information content (AvgIpc) is 2.53. The van der Waals surface area contributed by atoms with Gasteiger partial charge in [-0.05, 0) is 30.5 Å². The van der Waals surface area contributed by atoms with Gasteiger partial charge in [0.25, 0.3) is 0 Å². The van der Waals surface area contributed by atoms with Gasteiger partial charge in [0.2, 0.25) is 0 Å². The maximum absolute atomic E-state index is 9.98. The van der Waals surface area contributed by atoms with Crippen LogP contribution in [0.15, 0.2) is 65.8 Å². The van der Waals surface area contributed by atoms with Crippen LogP contribution in [0.2, 0.25) is 5.02 Å². The van der Waals surface area contributed by atoms with E-state index in [0.717, 1.165) is 18.7 Å². The Morgan fingerprint density at radius 3 is 2.77 bits per heavy atom. The van der Waals surface area contributed by atoms with Crippen molar-refractivity contribution in [1.82, 2.24) is 0 Å². The number of phenols is 1. The minimum atomic E-state index is 0.128. The van der Waals surface area contributed by atoms with Gasteiger partial charge in [-0.3, -0.25) is 0 Å². The highest BCUT2D eigenvalue weighted by Gasteiger charge is 2.19. The maximum atomic E-state index is 9.98. The van der Waals surface area contributed by atoms with E-state index in [-0.39, 0.29) is 11.7 Å². The first-order chi connectivity index (χ1) is 10.7. The summed E-state index contributed by atoms with van der Waals surface area (Å²) in [7, 11) is 0. The van der Waals surface area contributed by atoms with Gasteiger partial charge >= 0.3 is 0 Å². The molecule has 1 aliphatic rings. The SMILES string of the molecule is Oc1cc(Cl)ccc1NC1=NC=CCC1Cc1ccccc1. The molecule has 0 bridgehead atoms. The van der Waals surface area contributed by atoms with E-state index in [0.29, 0.717) is 10.7 Å². The highest BCUT2D eigenvalue weighted by molar-refractivity contribution is 6.30. The predicted molar refractivity (Wildman–Crippen MR) is 91.6 cm³/mol. The van der Waals surface area contributed by atoms with Crippen LogP contribution in [-0.2, 0) is 6.42 Å². The van der Waals surface area contributed by atoms with Crippen LogP contribution >= 0.6 is 11.6 Å². The molecule has 0 saturated heterocycles. The molecule has 112 valence electrons. The molecule has 1 aliphatic heterocycles. The van der Waals surface area contributed by atoms with E-state index in [2.05, 4.69) is 28.5 Å². The molecule has 0 aliphatic carbocycles. The molecule has 1 atom stereocenters. The van der Waals surface area contributed by atoms with Crippen LogP contribution < -0.4 is 5.32 Å². The molecular formula is C18H17ClN2O. The van der Waals surface area contributed by atoms with Crippen LogP contribution in [0.4, 0.5) is 5.69 Å². The summed E-state index contributed by atoms with van der Waals surface area (Å²) in [5.41, 5.74) is 1.90. The average molecular weight is 313 g/mol. The number of hydrogen-bond donors (Lipinski definition) is 2. The Bertz CT molecular complexity index is 710. The quantitative estimate of drug-likeness (QED) is 0.811. The minimum Gasteiger partial charge on any atom is -0.506 e. The van der Waals surface area contributed by atoms with Gasteiger partial charge in [0.1, 0.15) is 11.6 Å². The highest BCUT2D eigenvalue weighted by Crippen LogP contribution is 2.28. The number of hydrogen-bond acceptors (Lipinski definition) is 3. The second kappa shape index (κ2) is 6.67. The van der Waals surface area contributed by atoms with Crippen molar-refractivity contribution in [2.75, 3.05) is 5.32 Å². The first kappa shape index (κ1) is 14.7. The summed E-state index contributed by atoms with van der Waals surface area (Å²) in [6.45, 7) is 0. The Balaban J connectivity index is 1.78. The molecule has 0 radical (unpaired) electrons. The van der Waals surface area contributed by atoms with E-state index < -0.39 is 0 Å². The monoisotopic (exact) mass is 312 g/mol. The van der Waals surface area contributed by atoms with Crippen LogP contribution in [0.3, 0.4) is 0 Å². The Kier molecular flexibility index (Phi) is 4.45. The summed E-state index contributed by atoms with van der Waals surface area (Å²) < 4.78 is 0. The van der Waals surface area contributed by atoms with Crippen molar-refractivity contribution in [3.63, 3.8) is 0 Å². The third-order valence-electron chi connectivity index (χ3n) is 3.67. The fourth-order valence-corrected chi connectivity index (χ4v) is 2.70. The zero-order chi connectivity index (χ0) is 15.4. The lowest BCUT2D eigenvalue weighted by Gasteiger charge is -2.22. The fraction of sp³-hybridized carbons (Fsp3) is 0.167. The van der Waals surface area contributed by atoms with Gasteiger partial charge in [0.15, 0.2) is 0 Å². The summed E-state index contributed by atoms with van der Waals surface area (Å²) in [5, 5.41) is 13.7. The Morgan fingerprint density at radius 1 is 1.18 bits per heavy atom. The number of benzene rings is 2. The normalized spacial score (nSPS) is 17.1. The number of nitrogens with zero attached hydrogens (tertiary/aromatic N) is 1. The summed E-state index contributed by atoms with van der Waals surface area (Å²) in [6.07, 6.45) is 5.71. The van der Waals surface area contributed by atoms with Crippen LogP contribution in [-0.4, -0.2) is 10.9 Å². The smallest absolute Gasteiger partial charge is 0.140 e. The van der Waals surface area contributed by atoms with Gasteiger partial charge in [0, 0.05) is 23.2 Å². The van der Waals surface area contributed by atoms with Gasteiger partial charge < -0.3 is 10.4 Å². The Labute approximate surface area is 135 Å². The lowest BCUT2D eigenvalue weighted by molar-refractivity contribution is 0.478. The number of halogens is 1. The van der Waals surface area contributed by atoms with Gasteiger partial charge in [-0.25, -0.2) is 4.99 Å². The molecule has 0 spiro atoms. The van der Waals surface area contributed by atoms with E-state index >= 15 is 0 Å². The van der Waals surface area contributed by atoms with Gasteiger partial charge in [-0.1, -0.05) is 48.0 Å². The molecule has 0 amide bonds. The number of aromatic hydroxyl groups is 1. The molecule has 4 heteroatoms. The van der Waals surface area contributed by atoms with E-state index in [9.17, 15) is 5.11 Å². The molecule has 0 aromatic heterocycles. The summed E-state index contributed by atoms with van der Waals surface area (Å²) in [5.74, 6) is 1.26. The van der Waals surface area contributed by atoms with Crippen LogP contribution in [0.5, 0.6) is 5.75 Å². The van der Waals surface area contributed by atoms with E-state index in [1.165, 1.54) is 11.6 Å². The molecule has 0 saturated carbocycles. The molecule has 3 rings (SSSR count). The van der Waals surface area contributed by atoms with Crippen LogP contribution in [0.1, 0.15) is 12.0 Å². The minimum absolute atomic E-state index is 0.128. The van der Waals surface area contributed by atoms with Crippen molar-refractivity contribution < 1.29 is 5.11 Å². The highest BCUT2D eigenvalue weighted by atomic mass is 35.5. The number of amidine groups is 1. The molecule has 2 aromatic carbocycles. The van der Waals surface area contributed by atoms with Crippen molar-refractivity contribution in [3.05, 3.63) is 71.4 Å². The Morgan fingerprint density at radius 2 is 2.00 bits per heavy atom. The van der Waals surface area contributed by atoms with Crippen molar-refractivity contribution in [1.29, 1.82) is 0 Å². The van der Waals surface area contributed by atoms with E-state index in [1.807, 2.05) is 18.2 Å². The van der Waals surface area contributed by atoms with Crippen molar-refractivity contribution in [3.8, 4) is 5.75 Å². The zero-order valence-corrected chi connectivity index (χ0v) is 12.8. The molecular weight excluding hydrogens is 296 g/mol. The Hall–Kier alpha value is -2.26. The molecule has 0 fully saturated rings. The van der Waals surface area contributed by atoms with Crippen molar-refractivity contribution >= 4 is 23.1 Å². The first-order valence-electron chi connectivity index (χ1n) is 7.24. The molecule has 1 heterocycles. The molecule has 2 aromatic rings. The second-order valence-corrected chi connectivity index (χ2v) is 5.74. The van der Waals surface area contributed by atoms with Crippen LogP contribution in [0.25, 0.3) is 0 Å². The second-order valence-electron chi connectivity index (χ2n) is 5.31. The number of rotatable bonds is 3. The summed E-state index contributed by atoms with van der Waals surface area (Å²) in [6, 6.07) is 15.4. The van der Waals surface area contributed by atoms with Gasteiger partial charge in [-0.15, -0.1) is 0 Å². The van der Waals surface area contributed by atoms with Crippen molar-refractivity contribution in [2.24, 2.45) is 10.9 Å². The first-order valence-corrected chi connectivity index (χ1v) is 7.62. The lowest BCUT2D eigenvalue weighted by Crippen LogP contribution is -2.26. The van der Waals surface area contributed by atoms with E-state index in [1.54, 1.807) is 18.3 Å². The zero-order valence-electron chi connectivity index (χ0n) is 12.0. The number of aliphatic imine (C=N–C) groups is 1. The number of phenolic OH excluding ortho intramolecular Hbond substituents is 1. The largest absolute Gasteiger partial charge is 0.506 e. The third-order valence-corrected chi connectivity index (χ3v) is 3.91. The molecule has 3 nitrogen and oxygen atoms in total. The predicted octanol–water partition coefficient (Wildman–Crippen LogP) is 4.63. The topological polar surface area (TPSA) is 44.6 Å². The van der Waals surface area contributed by atoms with Crippen molar-refractivity contribution in [2.45, 2.75) is 12.8 Å². The maximum Gasteiger partial charge on any atom is 0.140 e. The van der Waals surface area contributed by atoms with E-state index in [4.69, 9.17) is 11.6 Å². The summed E-state index contributed by atoms with van der Waals surface area (Å²) in [4.78, 5) is 4.45.